The summed E-state index contributed by atoms with van der Waals surface area (Å²) in [6.07, 6.45) is 2.12. The van der Waals surface area contributed by atoms with E-state index in [-0.39, 0.29) is 5.91 Å². The Morgan fingerprint density at radius 3 is 2.22 bits per heavy atom. The molecule has 0 heterocycles. The van der Waals surface area contributed by atoms with Crippen LogP contribution >= 0.6 is 0 Å². The Balaban J connectivity index is 1.50. The van der Waals surface area contributed by atoms with Crippen molar-refractivity contribution in [1.29, 1.82) is 0 Å². The number of carbonyl (C=O) groups is 1. The van der Waals surface area contributed by atoms with E-state index in [1.54, 1.807) is 0 Å². The third-order valence-corrected chi connectivity index (χ3v) is 4.59. The predicted octanol–water partition coefficient (Wildman–Crippen LogP) is 4.92. The first-order chi connectivity index (χ1) is 13.2. The highest BCUT2D eigenvalue weighted by molar-refractivity contribution is 5.90. The summed E-state index contributed by atoms with van der Waals surface area (Å²) in [7, 11) is 0. The monoisotopic (exact) mass is 359 g/mol. The van der Waals surface area contributed by atoms with Gasteiger partial charge in [0.15, 0.2) is 0 Å². The van der Waals surface area contributed by atoms with Crippen molar-refractivity contribution in [3.8, 4) is 0 Å². The molecule has 0 aliphatic carbocycles. The molecule has 1 amide bonds. The molecule has 3 aromatic rings. The maximum atomic E-state index is 12.2. The zero-order valence-corrected chi connectivity index (χ0v) is 15.3. The van der Waals surface area contributed by atoms with Crippen molar-refractivity contribution in [3.63, 3.8) is 0 Å². The molecule has 0 aliphatic rings. The van der Waals surface area contributed by atoms with Gasteiger partial charge in [0.05, 0.1) is 6.10 Å². The highest BCUT2D eigenvalue weighted by Crippen LogP contribution is 2.20. The van der Waals surface area contributed by atoms with Crippen LogP contribution in [0.5, 0.6) is 0 Å². The summed E-state index contributed by atoms with van der Waals surface area (Å²) in [5.74, 6) is 0.0142. The largest absolute Gasteiger partial charge is 0.388 e. The summed E-state index contributed by atoms with van der Waals surface area (Å²) >= 11 is 0. The Labute approximate surface area is 160 Å². The Hall–Kier alpha value is -2.91. The van der Waals surface area contributed by atoms with Crippen LogP contribution in [0.2, 0.25) is 0 Å². The average Bonchev–Trinajstić information content (AvgIpc) is 2.72. The molecule has 0 aromatic heterocycles. The first-order valence-electron chi connectivity index (χ1n) is 9.36. The number of nitrogens with one attached hydrogen (secondary N) is 1. The van der Waals surface area contributed by atoms with Gasteiger partial charge in [-0.15, -0.1) is 0 Å². The van der Waals surface area contributed by atoms with Gasteiger partial charge in [0.1, 0.15) is 0 Å². The molecule has 0 saturated carbocycles. The molecule has 0 aliphatic heterocycles. The van der Waals surface area contributed by atoms with Gasteiger partial charge in [-0.3, -0.25) is 4.79 Å². The van der Waals surface area contributed by atoms with E-state index in [1.807, 2.05) is 84.9 Å². The molecule has 3 aromatic carbocycles. The van der Waals surface area contributed by atoms with Crippen molar-refractivity contribution in [3.05, 3.63) is 102 Å². The van der Waals surface area contributed by atoms with Gasteiger partial charge in [0, 0.05) is 12.1 Å². The maximum Gasteiger partial charge on any atom is 0.224 e. The Morgan fingerprint density at radius 1 is 0.815 bits per heavy atom. The third kappa shape index (κ3) is 6.08. The van der Waals surface area contributed by atoms with Crippen molar-refractivity contribution in [2.24, 2.45) is 0 Å². The minimum absolute atomic E-state index is 0.0142. The van der Waals surface area contributed by atoms with E-state index in [9.17, 15) is 9.90 Å². The second-order valence-corrected chi connectivity index (χ2v) is 6.70. The molecule has 27 heavy (non-hydrogen) atoms. The highest BCUT2D eigenvalue weighted by atomic mass is 16.3. The van der Waals surface area contributed by atoms with Gasteiger partial charge in [0.2, 0.25) is 5.91 Å². The number of aliphatic hydroxyl groups excluding tert-OH is 1. The van der Waals surface area contributed by atoms with Crippen molar-refractivity contribution in [2.45, 2.75) is 31.8 Å². The van der Waals surface area contributed by atoms with Crippen molar-refractivity contribution >= 4 is 11.6 Å². The van der Waals surface area contributed by atoms with Gasteiger partial charge >= 0.3 is 0 Å². The highest BCUT2D eigenvalue weighted by Gasteiger charge is 2.08. The van der Waals surface area contributed by atoms with Crippen LogP contribution < -0.4 is 5.32 Å². The average molecular weight is 359 g/mol. The molecule has 3 rings (SSSR count). The normalized spacial score (nSPS) is 11.7. The van der Waals surface area contributed by atoms with Crippen LogP contribution in [0.3, 0.4) is 0 Å². The van der Waals surface area contributed by atoms with Crippen LogP contribution in [0.25, 0.3) is 0 Å². The van der Waals surface area contributed by atoms with Crippen LogP contribution in [0.1, 0.15) is 35.6 Å². The standard InChI is InChI=1S/C24H25NO2/c26-23(21-11-5-2-6-12-21)16-14-20-10-7-13-22(18-20)25-24(27)17-15-19-8-3-1-4-9-19/h1-13,18,23,26H,14-17H2,(H,25,27)/t23-/m1/s1. The number of anilines is 1. The van der Waals surface area contributed by atoms with Crippen molar-refractivity contribution in [2.75, 3.05) is 5.32 Å². The quantitative estimate of drug-likeness (QED) is 0.599. The van der Waals surface area contributed by atoms with E-state index < -0.39 is 6.10 Å². The number of amides is 1. The fraction of sp³-hybridized carbons (Fsp3) is 0.208. The summed E-state index contributed by atoms with van der Waals surface area (Å²) in [6, 6.07) is 27.6. The van der Waals surface area contributed by atoms with Gasteiger partial charge in [-0.1, -0.05) is 72.8 Å². The third-order valence-electron chi connectivity index (χ3n) is 4.59. The van der Waals surface area contributed by atoms with Gasteiger partial charge < -0.3 is 10.4 Å². The lowest BCUT2D eigenvalue weighted by Gasteiger charge is -2.12. The Morgan fingerprint density at radius 2 is 1.48 bits per heavy atom. The number of benzene rings is 3. The molecular weight excluding hydrogens is 334 g/mol. The number of rotatable bonds is 8. The van der Waals surface area contributed by atoms with Gasteiger partial charge in [-0.2, -0.15) is 0 Å². The maximum absolute atomic E-state index is 12.2. The topological polar surface area (TPSA) is 49.3 Å². The summed E-state index contributed by atoms with van der Waals surface area (Å²) in [4.78, 5) is 12.2. The summed E-state index contributed by atoms with van der Waals surface area (Å²) < 4.78 is 0. The molecule has 3 nitrogen and oxygen atoms in total. The van der Waals surface area contributed by atoms with Gasteiger partial charge in [-0.05, 0) is 48.1 Å². The van der Waals surface area contributed by atoms with Gasteiger partial charge in [-0.25, -0.2) is 0 Å². The zero-order valence-electron chi connectivity index (χ0n) is 15.3. The zero-order chi connectivity index (χ0) is 18.9. The van der Waals surface area contributed by atoms with Crippen LogP contribution in [0, 0.1) is 0 Å². The van der Waals surface area contributed by atoms with E-state index in [0.717, 1.165) is 35.2 Å². The molecule has 0 saturated heterocycles. The Bertz CT molecular complexity index is 847. The fourth-order valence-corrected chi connectivity index (χ4v) is 3.08. The number of aryl methyl sites for hydroxylation is 2. The number of hydrogen-bond acceptors (Lipinski definition) is 2. The second-order valence-electron chi connectivity index (χ2n) is 6.70. The van der Waals surface area contributed by atoms with Crippen LogP contribution in [0.15, 0.2) is 84.9 Å². The molecule has 3 heteroatoms. The van der Waals surface area contributed by atoms with E-state index in [2.05, 4.69) is 5.32 Å². The van der Waals surface area contributed by atoms with E-state index in [0.29, 0.717) is 12.8 Å². The molecule has 138 valence electrons. The number of aliphatic hydroxyl groups is 1. The molecule has 0 fully saturated rings. The summed E-state index contributed by atoms with van der Waals surface area (Å²) in [5.41, 5.74) is 4.00. The minimum Gasteiger partial charge on any atom is -0.388 e. The van der Waals surface area contributed by atoms with Crippen LogP contribution in [-0.4, -0.2) is 11.0 Å². The second kappa shape index (κ2) is 9.70. The molecule has 2 N–H and O–H groups in total. The summed E-state index contributed by atoms with van der Waals surface area (Å²) in [6.45, 7) is 0. The molecule has 0 spiro atoms. The molecule has 1 atom stereocenters. The minimum atomic E-state index is -0.477. The van der Waals surface area contributed by atoms with Crippen LogP contribution in [0.4, 0.5) is 5.69 Å². The SMILES string of the molecule is O=C(CCc1ccccc1)Nc1cccc(CC[C@@H](O)c2ccccc2)c1. The van der Waals surface area contributed by atoms with E-state index in [1.165, 1.54) is 0 Å². The molecular formula is C24H25NO2. The number of hydrogen-bond donors (Lipinski definition) is 2. The number of carbonyl (C=O) groups excluding carboxylic acids is 1. The first-order valence-corrected chi connectivity index (χ1v) is 9.36. The summed E-state index contributed by atoms with van der Waals surface area (Å²) in [5, 5.41) is 13.3. The van der Waals surface area contributed by atoms with E-state index in [4.69, 9.17) is 0 Å². The lowest BCUT2D eigenvalue weighted by Crippen LogP contribution is -2.12. The lowest BCUT2D eigenvalue weighted by atomic mass is 10.0. The molecule has 0 radical (unpaired) electrons. The predicted molar refractivity (Wildman–Crippen MR) is 110 cm³/mol. The first kappa shape index (κ1) is 18.9. The van der Waals surface area contributed by atoms with Crippen molar-refractivity contribution < 1.29 is 9.90 Å². The lowest BCUT2D eigenvalue weighted by molar-refractivity contribution is -0.116. The van der Waals surface area contributed by atoms with Crippen molar-refractivity contribution in [1.82, 2.24) is 0 Å². The fourth-order valence-electron chi connectivity index (χ4n) is 3.08. The molecule has 0 bridgehead atoms. The van der Waals surface area contributed by atoms with Gasteiger partial charge in [0.25, 0.3) is 0 Å². The van der Waals surface area contributed by atoms with Crippen LogP contribution in [-0.2, 0) is 17.6 Å². The Kier molecular flexibility index (Phi) is 6.78. The molecule has 0 unspecified atom stereocenters. The smallest absolute Gasteiger partial charge is 0.224 e. The van der Waals surface area contributed by atoms with E-state index >= 15 is 0 Å².